The minimum atomic E-state index is -1.30. The van der Waals surface area contributed by atoms with Crippen LogP contribution in [0.15, 0.2) is 42.6 Å². The van der Waals surface area contributed by atoms with Crippen molar-refractivity contribution in [3.05, 3.63) is 71.2 Å². The van der Waals surface area contributed by atoms with Crippen molar-refractivity contribution in [2.24, 2.45) is 11.8 Å². The summed E-state index contributed by atoms with van der Waals surface area (Å²) in [4.78, 5) is 23.7. The van der Waals surface area contributed by atoms with E-state index in [9.17, 15) is 23.1 Å². The summed E-state index contributed by atoms with van der Waals surface area (Å²) in [5.41, 5.74) is 4.47. The van der Waals surface area contributed by atoms with Crippen LogP contribution in [0.4, 0.5) is 13.2 Å². The highest BCUT2D eigenvalue weighted by Gasteiger charge is 2.34. The van der Waals surface area contributed by atoms with Crippen LogP contribution in [-0.4, -0.2) is 54.8 Å². The van der Waals surface area contributed by atoms with Crippen LogP contribution in [0.1, 0.15) is 36.4 Å². The van der Waals surface area contributed by atoms with Crippen molar-refractivity contribution in [2.75, 3.05) is 33.9 Å². The first-order chi connectivity index (χ1) is 18.8. The number of carboxylic acid groups (broad SMARTS) is 1. The molecule has 10 heteroatoms. The van der Waals surface area contributed by atoms with Crippen molar-refractivity contribution < 1.29 is 32.6 Å². The number of likely N-dealkylation sites (tertiary alicyclic amines) is 1. The number of piperidine rings is 1. The number of carbonyl (C=O) groups is 1. The third kappa shape index (κ3) is 6.87. The molecule has 2 N–H and O–H groups in total. The van der Waals surface area contributed by atoms with Gasteiger partial charge < -0.3 is 14.7 Å². The van der Waals surface area contributed by atoms with Crippen molar-refractivity contribution in [2.45, 2.75) is 25.3 Å². The number of aliphatic carboxylic acids is 1. The van der Waals surface area contributed by atoms with Crippen molar-refractivity contribution in [1.29, 1.82) is 0 Å². The van der Waals surface area contributed by atoms with E-state index in [4.69, 9.17) is 9.57 Å². The molecule has 0 spiro atoms. The van der Waals surface area contributed by atoms with E-state index in [1.807, 2.05) is 29.2 Å². The van der Waals surface area contributed by atoms with Crippen molar-refractivity contribution in [3.8, 4) is 17.6 Å². The number of fused-ring (bicyclic) bond motifs is 1. The number of hydrogen-bond donors (Lipinski definition) is 2. The largest absolute Gasteiger partial charge is 0.497 e. The topological polar surface area (TPSA) is 83.9 Å². The number of pyridine rings is 1. The standard InChI is InChI=1S/C29H30F3N3O4/c1-38-21-6-8-26-23(16-21)22(9-11-33-26)27(34-39-2)7-5-18-10-13-35(17-24(18)29(36)37)12-3-4-19-14-20(30)15-25(31)28(19)32/h6,8-9,11,14-16,18,24,27,34H,5,7,10,12-13,17H2,1-2H3,(H,36,37)/t18-,24+,27+/m1/s1. The van der Waals surface area contributed by atoms with Gasteiger partial charge in [0.25, 0.3) is 0 Å². The Morgan fingerprint density at radius 2 is 2.05 bits per heavy atom. The van der Waals surface area contributed by atoms with Gasteiger partial charge >= 0.3 is 5.97 Å². The van der Waals surface area contributed by atoms with Gasteiger partial charge in [-0.3, -0.25) is 14.7 Å². The van der Waals surface area contributed by atoms with E-state index in [0.717, 1.165) is 22.5 Å². The molecule has 1 saturated heterocycles. The Morgan fingerprint density at radius 3 is 2.79 bits per heavy atom. The second-order valence-electron chi connectivity index (χ2n) is 9.51. The Balaban J connectivity index is 1.43. The third-order valence-corrected chi connectivity index (χ3v) is 7.12. The maximum absolute atomic E-state index is 13.9. The molecular weight excluding hydrogens is 511 g/mol. The van der Waals surface area contributed by atoms with Crippen molar-refractivity contribution in [1.82, 2.24) is 15.4 Å². The second-order valence-corrected chi connectivity index (χ2v) is 9.51. The average molecular weight is 542 g/mol. The number of nitrogens with one attached hydrogen (secondary N) is 1. The Morgan fingerprint density at radius 1 is 1.23 bits per heavy atom. The highest BCUT2D eigenvalue weighted by atomic mass is 19.2. The van der Waals surface area contributed by atoms with E-state index in [2.05, 4.69) is 22.3 Å². The van der Waals surface area contributed by atoms with E-state index in [0.29, 0.717) is 37.6 Å². The monoisotopic (exact) mass is 541 g/mol. The minimum absolute atomic E-state index is 0.0785. The first-order valence-electron chi connectivity index (χ1n) is 12.6. The summed E-state index contributed by atoms with van der Waals surface area (Å²) in [5, 5.41) is 10.9. The predicted molar refractivity (Wildman–Crippen MR) is 139 cm³/mol. The zero-order chi connectivity index (χ0) is 27.9. The lowest BCUT2D eigenvalue weighted by Gasteiger charge is -2.36. The summed E-state index contributed by atoms with van der Waals surface area (Å²) >= 11 is 0. The molecule has 1 aliphatic rings. The van der Waals surface area contributed by atoms with E-state index < -0.39 is 29.3 Å². The van der Waals surface area contributed by atoms with Crippen LogP contribution in [0.5, 0.6) is 5.75 Å². The summed E-state index contributed by atoms with van der Waals surface area (Å²) in [5.74, 6) is 0.879. The molecule has 206 valence electrons. The van der Waals surface area contributed by atoms with Gasteiger partial charge in [-0.1, -0.05) is 11.8 Å². The lowest BCUT2D eigenvalue weighted by molar-refractivity contribution is -0.146. The maximum atomic E-state index is 13.9. The number of hydrogen-bond acceptors (Lipinski definition) is 6. The number of rotatable bonds is 9. The summed E-state index contributed by atoms with van der Waals surface area (Å²) in [6, 6.07) is 8.67. The van der Waals surface area contributed by atoms with Gasteiger partial charge in [-0.05, 0) is 67.6 Å². The van der Waals surface area contributed by atoms with E-state index >= 15 is 0 Å². The number of carboxylic acids is 1. The molecule has 0 saturated carbocycles. The molecule has 39 heavy (non-hydrogen) atoms. The van der Waals surface area contributed by atoms with Gasteiger partial charge in [0.1, 0.15) is 11.6 Å². The molecule has 0 amide bonds. The van der Waals surface area contributed by atoms with E-state index in [-0.39, 0.29) is 30.6 Å². The first-order valence-corrected chi connectivity index (χ1v) is 12.6. The molecule has 1 aliphatic heterocycles. The highest BCUT2D eigenvalue weighted by molar-refractivity contribution is 5.84. The lowest BCUT2D eigenvalue weighted by atomic mass is 9.81. The smallest absolute Gasteiger partial charge is 0.308 e. The fourth-order valence-electron chi connectivity index (χ4n) is 5.11. The number of hydroxylamine groups is 1. The van der Waals surface area contributed by atoms with Gasteiger partial charge in [-0.25, -0.2) is 13.2 Å². The van der Waals surface area contributed by atoms with Crippen molar-refractivity contribution >= 4 is 16.9 Å². The minimum Gasteiger partial charge on any atom is -0.497 e. The Kier molecular flexibility index (Phi) is 9.41. The van der Waals surface area contributed by atoms with Crippen LogP contribution < -0.4 is 10.2 Å². The highest BCUT2D eigenvalue weighted by Crippen LogP contribution is 2.34. The molecule has 0 aliphatic carbocycles. The van der Waals surface area contributed by atoms with Gasteiger partial charge in [0.05, 0.1) is 43.8 Å². The molecule has 0 unspecified atom stereocenters. The Hall–Kier alpha value is -3.65. The molecule has 2 heterocycles. The fourth-order valence-corrected chi connectivity index (χ4v) is 5.11. The lowest BCUT2D eigenvalue weighted by Crippen LogP contribution is -2.44. The molecular formula is C29H30F3N3O4. The van der Waals surface area contributed by atoms with E-state index in [1.54, 1.807) is 20.4 Å². The zero-order valence-electron chi connectivity index (χ0n) is 21.7. The van der Waals surface area contributed by atoms with Crippen LogP contribution in [0.3, 0.4) is 0 Å². The van der Waals surface area contributed by atoms with Crippen LogP contribution in [0.25, 0.3) is 10.9 Å². The quantitative estimate of drug-likeness (QED) is 0.231. The van der Waals surface area contributed by atoms with Gasteiger partial charge in [-0.15, -0.1) is 0 Å². The van der Waals surface area contributed by atoms with Gasteiger partial charge in [0.15, 0.2) is 11.6 Å². The predicted octanol–water partition coefficient (Wildman–Crippen LogP) is 4.71. The van der Waals surface area contributed by atoms with Gasteiger partial charge in [0.2, 0.25) is 0 Å². The Labute approximate surface area is 224 Å². The fraction of sp³-hybridized carbons (Fsp3) is 0.379. The summed E-state index contributed by atoms with van der Waals surface area (Å²) in [7, 11) is 3.15. The van der Waals surface area contributed by atoms with Gasteiger partial charge in [0, 0.05) is 24.2 Å². The zero-order valence-corrected chi connectivity index (χ0v) is 21.7. The third-order valence-electron chi connectivity index (χ3n) is 7.12. The average Bonchev–Trinajstić information content (AvgIpc) is 2.93. The molecule has 0 bridgehead atoms. The van der Waals surface area contributed by atoms with Gasteiger partial charge in [-0.2, -0.15) is 5.48 Å². The molecule has 0 radical (unpaired) electrons. The molecule has 3 aromatic rings. The van der Waals surface area contributed by atoms with Crippen LogP contribution >= 0.6 is 0 Å². The molecule has 1 aromatic heterocycles. The molecule has 7 nitrogen and oxygen atoms in total. The number of halogens is 3. The van der Waals surface area contributed by atoms with Crippen LogP contribution in [0.2, 0.25) is 0 Å². The number of ether oxygens (including phenoxy) is 1. The number of methoxy groups -OCH3 is 1. The number of aromatic nitrogens is 1. The molecule has 4 rings (SSSR count). The van der Waals surface area contributed by atoms with Crippen molar-refractivity contribution in [3.63, 3.8) is 0 Å². The molecule has 1 fully saturated rings. The van der Waals surface area contributed by atoms with Crippen LogP contribution in [0, 0.1) is 41.1 Å². The number of nitrogens with zero attached hydrogens (tertiary/aromatic N) is 2. The van der Waals surface area contributed by atoms with Crippen LogP contribution in [-0.2, 0) is 9.63 Å². The normalized spacial score (nSPS) is 18.4. The second kappa shape index (κ2) is 12.9. The molecule has 3 atom stereocenters. The first kappa shape index (κ1) is 28.4. The number of benzene rings is 2. The summed E-state index contributed by atoms with van der Waals surface area (Å²) < 4.78 is 46.1. The summed E-state index contributed by atoms with van der Waals surface area (Å²) in [6.45, 7) is 1.03. The van der Waals surface area contributed by atoms with E-state index in [1.165, 1.54) is 0 Å². The molecule has 2 aromatic carbocycles. The summed E-state index contributed by atoms with van der Waals surface area (Å²) in [6.07, 6.45) is 3.63. The Bertz CT molecular complexity index is 1390. The maximum Gasteiger partial charge on any atom is 0.308 e. The SMILES string of the molecule is CON[C@@H](CC[C@@H]1CCN(CC#Cc2cc(F)cc(F)c2F)C[C@@H]1C(=O)O)c1ccnc2ccc(OC)cc12.